The van der Waals surface area contributed by atoms with Crippen LogP contribution in [0.5, 0.6) is 5.75 Å². The number of hydrogen-bond donors (Lipinski definition) is 2. The van der Waals surface area contributed by atoms with Crippen molar-refractivity contribution in [1.82, 2.24) is 10.2 Å². The van der Waals surface area contributed by atoms with Crippen LogP contribution < -0.4 is 5.32 Å². The molecule has 2 rings (SSSR count). The predicted octanol–water partition coefficient (Wildman–Crippen LogP) is -0.0500. The molecular formula is C11H11N3O3. The predicted molar refractivity (Wildman–Crippen MR) is 60.6 cm³/mol. The quantitative estimate of drug-likeness (QED) is 0.712. The maximum absolute atomic E-state index is 11.7. The maximum Gasteiger partial charge on any atom is 0.280 e. The number of phenols is 1. The zero-order chi connectivity index (χ0) is 12.4. The highest BCUT2D eigenvalue weighted by Crippen LogP contribution is 2.12. The van der Waals surface area contributed by atoms with Gasteiger partial charge in [-0.1, -0.05) is 6.07 Å². The van der Waals surface area contributed by atoms with Crippen LogP contribution in [0.3, 0.4) is 0 Å². The SMILES string of the molecule is CN1CC(=O)NC1=NC(=O)c1cccc(O)c1. The molecule has 0 aromatic heterocycles. The number of aromatic hydroxyl groups is 1. The molecular weight excluding hydrogens is 222 g/mol. The monoisotopic (exact) mass is 233 g/mol. The van der Waals surface area contributed by atoms with Crippen molar-refractivity contribution in [2.75, 3.05) is 13.6 Å². The molecule has 1 heterocycles. The molecule has 88 valence electrons. The van der Waals surface area contributed by atoms with Crippen LogP contribution in [0.2, 0.25) is 0 Å². The highest BCUT2D eigenvalue weighted by Gasteiger charge is 2.22. The van der Waals surface area contributed by atoms with Gasteiger partial charge in [-0.2, -0.15) is 4.99 Å². The second-order valence-electron chi connectivity index (χ2n) is 3.70. The molecule has 2 N–H and O–H groups in total. The largest absolute Gasteiger partial charge is 0.508 e. The van der Waals surface area contributed by atoms with Gasteiger partial charge in [-0.25, -0.2) is 0 Å². The highest BCUT2D eigenvalue weighted by molar-refractivity contribution is 6.10. The Morgan fingerprint density at radius 1 is 1.53 bits per heavy atom. The lowest BCUT2D eigenvalue weighted by Crippen LogP contribution is -2.28. The highest BCUT2D eigenvalue weighted by atomic mass is 16.3. The number of carbonyl (C=O) groups is 2. The summed E-state index contributed by atoms with van der Waals surface area (Å²) in [5, 5.41) is 11.7. The lowest BCUT2D eigenvalue weighted by atomic mass is 10.2. The average molecular weight is 233 g/mol. The molecule has 0 bridgehead atoms. The molecule has 2 amide bonds. The number of nitrogens with one attached hydrogen (secondary N) is 1. The van der Waals surface area contributed by atoms with E-state index < -0.39 is 5.91 Å². The number of aliphatic imine (C=N–C) groups is 1. The lowest BCUT2D eigenvalue weighted by molar-refractivity contribution is -0.118. The summed E-state index contributed by atoms with van der Waals surface area (Å²) in [6.07, 6.45) is 0. The van der Waals surface area contributed by atoms with Gasteiger partial charge in [-0.05, 0) is 18.2 Å². The standard InChI is InChI=1S/C11H11N3O3/c1-14-6-9(16)12-11(14)13-10(17)7-3-2-4-8(15)5-7/h2-5,15H,6H2,1H3,(H,12,13,16,17). The Labute approximate surface area is 97.6 Å². The molecule has 1 fully saturated rings. The van der Waals surface area contributed by atoms with Crippen molar-refractivity contribution >= 4 is 17.8 Å². The molecule has 0 aliphatic carbocycles. The van der Waals surface area contributed by atoms with Gasteiger partial charge in [0.1, 0.15) is 5.75 Å². The number of benzene rings is 1. The number of likely N-dealkylation sites (N-methyl/N-ethyl adjacent to an activating group) is 1. The first-order valence-corrected chi connectivity index (χ1v) is 4.99. The molecule has 6 nitrogen and oxygen atoms in total. The molecule has 1 aliphatic rings. The molecule has 0 radical (unpaired) electrons. The molecule has 1 saturated heterocycles. The Balaban J connectivity index is 2.22. The first-order valence-electron chi connectivity index (χ1n) is 4.99. The van der Waals surface area contributed by atoms with Crippen molar-refractivity contribution in [3.63, 3.8) is 0 Å². The number of carbonyl (C=O) groups excluding carboxylic acids is 2. The third kappa shape index (κ3) is 2.41. The Hall–Kier alpha value is -2.37. The van der Waals surface area contributed by atoms with Gasteiger partial charge in [0.15, 0.2) is 0 Å². The third-order valence-electron chi connectivity index (χ3n) is 2.29. The van der Waals surface area contributed by atoms with Crippen LogP contribution in [0.15, 0.2) is 29.3 Å². The van der Waals surface area contributed by atoms with Gasteiger partial charge in [0, 0.05) is 12.6 Å². The van der Waals surface area contributed by atoms with Gasteiger partial charge in [-0.15, -0.1) is 0 Å². The molecule has 6 heteroatoms. The Morgan fingerprint density at radius 3 is 2.88 bits per heavy atom. The summed E-state index contributed by atoms with van der Waals surface area (Å²) in [7, 11) is 1.66. The smallest absolute Gasteiger partial charge is 0.280 e. The van der Waals surface area contributed by atoms with Crippen molar-refractivity contribution in [2.24, 2.45) is 4.99 Å². The second-order valence-corrected chi connectivity index (χ2v) is 3.70. The molecule has 0 atom stereocenters. The van der Waals surface area contributed by atoms with Crippen LogP contribution in [0, 0.1) is 0 Å². The fourth-order valence-corrected chi connectivity index (χ4v) is 1.46. The minimum absolute atomic E-state index is 0.000128. The van der Waals surface area contributed by atoms with Crippen molar-refractivity contribution in [1.29, 1.82) is 0 Å². The van der Waals surface area contributed by atoms with Crippen LogP contribution >= 0.6 is 0 Å². The van der Waals surface area contributed by atoms with Crippen molar-refractivity contribution in [3.8, 4) is 5.75 Å². The summed E-state index contributed by atoms with van der Waals surface area (Å²) >= 11 is 0. The Kier molecular flexibility index (Phi) is 2.78. The van der Waals surface area contributed by atoms with E-state index >= 15 is 0 Å². The van der Waals surface area contributed by atoms with E-state index in [1.165, 1.54) is 12.1 Å². The molecule has 1 aromatic carbocycles. The van der Waals surface area contributed by atoms with Gasteiger partial charge in [0.25, 0.3) is 5.91 Å². The van der Waals surface area contributed by atoms with E-state index in [0.717, 1.165) is 0 Å². The van der Waals surface area contributed by atoms with E-state index in [1.54, 1.807) is 24.1 Å². The summed E-state index contributed by atoms with van der Waals surface area (Å²) in [5.41, 5.74) is 0.270. The molecule has 1 aliphatic heterocycles. The van der Waals surface area contributed by atoms with Gasteiger partial charge < -0.3 is 10.0 Å². The topological polar surface area (TPSA) is 82.0 Å². The summed E-state index contributed by atoms with van der Waals surface area (Å²) < 4.78 is 0. The first kappa shape index (κ1) is 11.1. The Morgan fingerprint density at radius 2 is 2.29 bits per heavy atom. The van der Waals surface area contributed by atoms with Crippen molar-refractivity contribution < 1.29 is 14.7 Å². The Bertz CT molecular complexity index is 510. The van der Waals surface area contributed by atoms with Crippen LogP contribution in [-0.2, 0) is 4.79 Å². The number of nitrogens with zero attached hydrogens (tertiary/aromatic N) is 2. The second kappa shape index (κ2) is 4.25. The fraction of sp³-hybridized carbons (Fsp3) is 0.182. The number of hydrogen-bond acceptors (Lipinski definition) is 3. The van der Waals surface area contributed by atoms with Crippen LogP contribution in [0.4, 0.5) is 0 Å². The zero-order valence-corrected chi connectivity index (χ0v) is 9.17. The van der Waals surface area contributed by atoms with E-state index in [9.17, 15) is 14.7 Å². The fourth-order valence-electron chi connectivity index (χ4n) is 1.46. The van der Waals surface area contributed by atoms with E-state index in [0.29, 0.717) is 0 Å². The molecule has 0 saturated carbocycles. The van der Waals surface area contributed by atoms with Gasteiger partial charge in [0.2, 0.25) is 11.9 Å². The summed E-state index contributed by atoms with van der Waals surface area (Å²) in [4.78, 5) is 28.1. The molecule has 1 aromatic rings. The minimum Gasteiger partial charge on any atom is -0.508 e. The number of amides is 2. The van der Waals surface area contributed by atoms with E-state index in [1.807, 2.05) is 0 Å². The van der Waals surface area contributed by atoms with Crippen LogP contribution in [-0.4, -0.2) is 41.4 Å². The zero-order valence-electron chi connectivity index (χ0n) is 9.17. The van der Waals surface area contributed by atoms with Crippen LogP contribution in [0.25, 0.3) is 0 Å². The molecule has 17 heavy (non-hydrogen) atoms. The average Bonchev–Trinajstić information content (AvgIpc) is 2.57. The summed E-state index contributed by atoms with van der Waals surface area (Å²) in [6.45, 7) is 0.187. The van der Waals surface area contributed by atoms with Gasteiger partial charge >= 0.3 is 0 Å². The summed E-state index contributed by atoms with van der Waals surface area (Å²) in [5.74, 6) is -0.483. The molecule has 0 spiro atoms. The van der Waals surface area contributed by atoms with E-state index in [4.69, 9.17) is 0 Å². The van der Waals surface area contributed by atoms with E-state index in [-0.39, 0.29) is 29.7 Å². The normalized spacial score (nSPS) is 17.4. The third-order valence-corrected chi connectivity index (χ3v) is 2.29. The van der Waals surface area contributed by atoms with E-state index in [2.05, 4.69) is 10.3 Å². The lowest BCUT2D eigenvalue weighted by Gasteiger charge is -2.07. The molecule has 0 unspecified atom stereocenters. The van der Waals surface area contributed by atoms with Crippen molar-refractivity contribution in [3.05, 3.63) is 29.8 Å². The first-order chi connectivity index (χ1) is 8.06. The minimum atomic E-state index is -0.509. The number of rotatable bonds is 1. The summed E-state index contributed by atoms with van der Waals surface area (Å²) in [6, 6.07) is 5.89. The maximum atomic E-state index is 11.7. The number of guanidine groups is 1. The van der Waals surface area contributed by atoms with Crippen LogP contribution in [0.1, 0.15) is 10.4 Å². The van der Waals surface area contributed by atoms with Crippen molar-refractivity contribution in [2.45, 2.75) is 0 Å². The number of phenolic OH excluding ortho intramolecular Hbond substituents is 1. The van der Waals surface area contributed by atoms with Gasteiger partial charge in [0.05, 0.1) is 6.54 Å². The van der Waals surface area contributed by atoms with Gasteiger partial charge in [-0.3, -0.25) is 14.9 Å².